The number of ketones is 1. The Bertz CT molecular complexity index is 336. The molecule has 0 aliphatic heterocycles. The van der Waals surface area contributed by atoms with Gasteiger partial charge in [0.2, 0.25) is 0 Å². The molecule has 4 heteroatoms. The van der Waals surface area contributed by atoms with Crippen LogP contribution in [-0.2, 0) is 4.74 Å². The number of ether oxygens (including phenoxy) is 2. The fraction of sp³-hybridized carbons (Fsp3) is 0.300. The van der Waals surface area contributed by atoms with Crippen LogP contribution in [0.4, 0.5) is 0 Å². The van der Waals surface area contributed by atoms with Crippen molar-refractivity contribution in [2.24, 2.45) is 0 Å². The molecule has 0 aliphatic rings. The Hall–Kier alpha value is -0.620. The second kappa shape index (κ2) is 5.31. The second-order valence-electron chi connectivity index (χ2n) is 2.72. The molecule has 0 saturated carbocycles. The zero-order valence-corrected chi connectivity index (χ0v) is 10.2. The summed E-state index contributed by atoms with van der Waals surface area (Å²) >= 11 is 2.09. The van der Waals surface area contributed by atoms with Gasteiger partial charge in [0.15, 0.2) is 12.6 Å². The number of carbonyl (C=O) groups is 1. The molecule has 0 aliphatic carbocycles. The first-order valence-corrected chi connectivity index (χ1v) is 5.16. The van der Waals surface area contributed by atoms with Crippen molar-refractivity contribution in [1.29, 1.82) is 0 Å². The van der Waals surface area contributed by atoms with Crippen LogP contribution in [0.25, 0.3) is 0 Å². The highest BCUT2D eigenvalue weighted by atomic mass is 127. The van der Waals surface area contributed by atoms with Gasteiger partial charge < -0.3 is 9.47 Å². The maximum Gasteiger partial charge on any atom is 0.188 e. The van der Waals surface area contributed by atoms with E-state index in [1.807, 2.05) is 6.07 Å². The molecule has 0 aromatic heterocycles. The maximum absolute atomic E-state index is 11.2. The monoisotopic (exact) mass is 306 g/mol. The summed E-state index contributed by atoms with van der Waals surface area (Å²) < 4.78 is 10.9. The molecule has 1 rings (SSSR count). The summed E-state index contributed by atoms with van der Waals surface area (Å²) in [6, 6.07) is 5.39. The highest BCUT2D eigenvalue weighted by Crippen LogP contribution is 2.24. The van der Waals surface area contributed by atoms with Gasteiger partial charge in [-0.1, -0.05) is 12.1 Å². The number of benzene rings is 1. The van der Waals surface area contributed by atoms with Crippen LogP contribution in [0.2, 0.25) is 0 Å². The fourth-order valence-corrected chi connectivity index (χ4v) is 1.91. The third-order valence-corrected chi connectivity index (χ3v) is 2.79. The molecule has 0 bridgehead atoms. The summed E-state index contributed by atoms with van der Waals surface area (Å²) in [5.41, 5.74) is 0.680. The number of carbonyl (C=O) groups excluding carboxylic acids is 1. The van der Waals surface area contributed by atoms with Gasteiger partial charge in [-0.25, -0.2) is 0 Å². The Morgan fingerprint density at radius 1 is 1.50 bits per heavy atom. The van der Waals surface area contributed by atoms with E-state index in [1.165, 1.54) is 6.92 Å². The summed E-state index contributed by atoms with van der Waals surface area (Å²) in [6.45, 7) is 1.73. The van der Waals surface area contributed by atoms with Crippen molar-refractivity contribution in [3.05, 3.63) is 27.3 Å². The molecule has 3 nitrogen and oxygen atoms in total. The second-order valence-corrected chi connectivity index (χ2v) is 3.80. The van der Waals surface area contributed by atoms with E-state index in [9.17, 15) is 4.79 Å². The fourth-order valence-electron chi connectivity index (χ4n) is 1.02. The zero-order chi connectivity index (χ0) is 10.6. The van der Waals surface area contributed by atoms with Crippen molar-refractivity contribution in [3.8, 4) is 5.75 Å². The molecule has 0 heterocycles. The smallest absolute Gasteiger partial charge is 0.188 e. The van der Waals surface area contributed by atoms with Crippen LogP contribution < -0.4 is 4.74 Å². The van der Waals surface area contributed by atoms with Gasteiger partial charge in [-0.3, -0.25) is 4.79 Å². The molecule has 0 amide bonds. The van der Waals surface area contributed by atoms with E-state index < -0.39 is 0 Å². The molecule has 14 heavy (non-hydrogen) atoms. The van der Waals surface area contributed by atoms with Crippen molar-refractivity contribution in [1.82, 2.24) is 0 Å². The van der Waals surface area contributed by atoms with Gasteiger partial charge in [-0.2, -0.15) is 0 Å². The van der Waals surface area contributed by atoms with Crippen LogP contribution in [0.1, 0.15) is 17.3 Å². The molecule has 0 saturated heterocycles. The maximum atomic E-state index is 11.2. The van der Waals surface area contributed by atoms with Gasteiger partial charge in [0, 0.05) is 12.7 Å². The van der Waals surface area contributed by atoms with E-state index in [2.05, 4.69) is 22.6 Å². The normalized spacial score (nSPS) is 9.93. The molecule has 1 aromatic rings. The summed E-state index contributed by atoms with van der Waals surface area (Å²) in [7, 11) is 1.56. The van der Waals surface area contributed by atoms with E-state index in [0.717, 1.165) is 3.57 Å². The van der Waals surface area contributed by atoms with Gasteiger partial charge >= 0.3 is 0 Å². The van der Waals surface area contributed by atoms with Gasteiger partial charge in [-0.15, -0.1) is 0 Å². The van der Waals surface area contributed by atoms with E-state index in [1.54, 1.807) is 19.2 Å². The quantitative estimate of drug-likeness (QED) is 0.487. The Morgan fingerprint density at radius 3 is 2.79 bits per heavy atom. The number of halogens is 1. The first kappa shape index (κ1) is 11.5. The van der Waals surface area contributed by atoms with Crippen molar-refractivity contribution in [2.75, 3.05) is 13.9 Å². The summed E-state index contributed by atoms with van der Waals surface area (Å²) in [6.07, 6.45) is 0. The van der Waals surface area contributed by atoms with Crippen LogP contribution in [0, 0.1) is 3.57 Å². The SMILES string of the molecule is COCOc1cccc(C(C)=O)c1I. The predicted octanol–water partition coefficient (Wildman–Crippen LogP) is 2.48. The lowest BCUT2D eigenvalue weighted by atomic mass is 10.1. The molecule has 0 atom stereocenters. The molecule has 76 valence electrons. The first-order chi connectivity index (χ1) is 6.66. The average molecular weight is 306 g/mol. The standard InChI is InChI=1S/C10H11IO3/c1-7(12)8-4-3-5-9(10(8)11)14-6-13-2/h3-5H,6H2,1-2H3. The third-order valence-electron chi connectivity index (χ3n) is 1.67. The molecular weight excluding hydrogens is 295 g/mol. The Kier molecular flexibility index (Phi) is 4.34. The number of rotatable bonds is 4. The summed E-state index contributed by atoms with van der Waals surface area (Å²) in [5, 5.41) is 0. The lowest BCUT2D eigenvalue weighted by molar-refractivity contribution is 0.0504. The predicted molar refractivity (Wildman–Crippen MR) is 61.7 cm³/mol. The number of methoxy groups -OCH3 is 1. The summed E-state index contributed by atoms with van der Waals surface area (Å²) in [4.78, 5) is 11.2. The van der Waals surface area contributed by atoms with Crippen molar-refractivity contribution < 1.29 is 14.3 Å². The van der Waals surface area contributed by atoms with Crippen LogP contribution in [0.5, 0.6) is 5.75 Å². The van der Waals surface area contributed by atoms with Crippen molar-refractivity contribution in [2.45, 2.75) is 6.92 Å². The highest BCUT2D eigenvalue weighted by Gasteiger charge is 2.09. The largest absolute Gasteiger partial charge is 0.466 e. The molecule has 0 N–H and O–H groups in total. The average Bonchev–Trinajstić information content (AvgIpc) is 2.16. The topological polar surface area (TPSA) is 35.5 Å². The van der Waals surface area contributed by atoms with Crippen LogP contribution in [-0.4, -0.2) is 19.7 Å². The minimum atomic E-state index is 0.0391. The van der Waals surface area contributed by atoms with Crippen LogP contribution in [0.3, 0.4) is 0 Å². The molecule has 0 spiro atoms. The van der Waals surface area contributed by atoms with E-state index in [0.29, 0.717) is 11.3 Å². The summed E-state index contributed by atoms with van der Waals surface area (Å²) in [5.74, 6) is 0.720. The van der Waals surface area contributed by atoms with E-state index in [4.69, 9.17) is 9.47 Å². The zero-order valence-electron chi connectivity index (χ0n) is 8.04. The van der Waals surface area contributed by atoms with Gasteiger partial charge in [0.1, 0.15) is 5.75 Å². The van der Waals surface area contributed by atoms with Crippen molar-refractivity contribution in [3.63, 3.8) is 0 Å². The third kappa shape index (κ3) is 2.68. The molecule has 0 radical (unpaired) electrons. The minimum Gasteiger partial charge on any atom is -0.466 e. The van der Waals surface area contributed by atoms with E-state index in [-0.39, 0.29) is 12.6 Å². The lowest BCUT2D eigenvalue weighted by Crippen LogP contribution is -2.03. The Balaban J connectivity index is 2.95. The molecule has 0 fully saturated rings. The molecule has 0 unspecified atom stereocenters. The molecule has 1 aromatic carbocycles. The lowest BCUT2D eigenvalue weighted by Gasteiger charge is -2.08. The number of Topliss-reactive ketones (excluding diaryl/α,β-unsaturated/α-hetero) is 1. The van der Waals surface area contributed by atoms with Gasteiger partial charge in [-0.05, 0) is 35.6 Å². The van der Waals surface area contributed by atoms with E-state index >= 15 is 0 Å². The van der Waals surface area contributed by atoms with Crippen LogP contribution >= 0.6 is 22.6 Å². The van der Waals surface area contributed by atoms with Crippen LogP contribution in [0.15, 0.2) is 18.2 Å². The van der Waals surface area contributed by atoms with Gasteiger partial charge in [0.05, 0.1) is 3.57 Å². The number of hydrogen-bond acceptors (Lipinski definition) is 3. The minimum absolute atomic E-state index is 0.0391. The first-order valence-electron chi connectivity index (χ1n) is 4.08. The Morgan fingerprint density at radius 2 is 2.21 bits per heavy atom. The Labute approximate surface area is 96.5 Å². The number of hydrogen-bond donors (Lipinski definition) is 0. The van der Waals surface area contributed by atoms with Crippen molar-refractivity contribution >= 4 is 28.4 Å². The highest BCUT2D eigenvalue weighted by molar-refractivity contribution is 14.1. The molecular formula is C10H11IO3. The van der Waals surface area contributed by atoms with Gasteiger partial charge in [0.25, 0.3) is 0 Å².